The summed E-state index contributed by atoms with van der Waals surface area (Å²) in [5.74, 6) is -1.44. The second kappa shape index (κ2) is 5.43. The first-order valence-electron chi connectivity index (χ1n) is 6.58. The van der Waals surface area contributed by atoms with Crippen LogP contribution in [0.5, 0.6) is 0 Å². The maximum atomic E-state index is 12.2. The van der Waals surface area contributed by atoms with Crippen LogP contribution < -0.4 is 5.32 Å². The van der Waals surface area contributed by atoms with Gasteiger partial charge in [-0.05, 0) is 24.8 Å². The molecule has 0 heterocycles. The smallest absolute Gasteiger partial charge is 0.308 e. The highest BCUT2D eigenvalue weighted by Crippen LogP contribution is 2.48. The summed E-state index contributed by atoms with van der Waals surface area (Å²) in [5, 5.41) is 11.6. The zero-order valence-corrected chi connectivity index (χ0v) is 11.1. The first-order chi connectivity index (χ1) is 9.03. The van der Waals surface area contributed by atoms with Gasteiger partial charge in [-0.3, -0.25) is 9.59 Å². The third-order valence-corrected chi connectivity index (χ3v) is 3.71. The monoisotopic (exact) mass is 261 g/mol. The number of carbonyl (C=O) groups is 2. The molecule has 1 fully saturated rings. The maximum absolute atomic E-state index is 12.2. The summed E-state index contributed by atoms with van der Waals surface area (Å²) >= 11 is 0. The molecule has 4 nitrogen and oxygen atoms in total. The van der Waals surface area contributed by atoms with Crippen molar-refractivity contribution < 1.29 is 14.7 Å². The van der Waals surface area contributed by atoms with E-state index < -0.39 is 11.9 Å². The highest BCUT2D eigenvalue weighted by atomic mass is 16.4. The van der Waals surface area contributed by atoms with Crippen LogP contribution in [0.15, 0.2) is 30.3 Å². The zero-order valence-electron chi connectivity index (χ0n) is 11.1. The van der Waals surface area contributed by atoms with E-state index in [2.05, 4.69) is 5.32 Å². The molecule has 1 aliphatic rings. The molecule has 2 N–H and O–H groups in total. The van der Waals surface area contributed by atoms with Crippen LogP contribution in [0.2, 0.25) is 0 Å². The van der Waals surface area contributed by atoms with Gasteiger partial charge in [0.1, 0.15) is 0 Å². The number of amides is 1. The summed E-state index contributed by atoms with van der Waals surface area (Å²) in [6.07, 6.45) is 2.51. The van der Waals surface area contributed by atoms with Crippen molar-refractivity contribution in [1.82, 2.24) is 5.32 Å². The normalized spacial score (nSPS) is 17.5. The fourth-order valence-corrected chi connectivity index (χ4v) is 2.14. The molecule has 1 aliphatic carbocycles. The van der Waals surface area contributed by atoms with Gasteiger partial charge in [-0.2, -0.15) is 0 Å². The van der Waals surface area contributed by atoms with Crippen LogP contribution in [0.4, 0.5) is 0 Å². The van der Waals surface area contributed by atoms with Crippen molar-refractivity contribution in [1.29, 1.82) is 0 Å². The van der Waals surface area contributed by atoms with Gasteiger partial charge in [-0.1, -0.05) is 37.3 Å². The lowest BCUT2D eigenvalue weighted by molar-refractivity contribution is -0.141. The van der Waals surface area contributed by atoms with Crippen molar-refractivity contribution in [2.45, 2.75) is 26.2 Å². The fourth-order valence-electron chi connectivity index (χ4n) is 2.14. The van der Waals surface area contributed by atoms with Gasteiger partial charge in [0, 0.05) is 6.54 Å². The molecule has 1 atom stereocenters. The number of aliphatic carboxylic acids is 1. The van der Waals surface area contributed by atoms with Gasteiger partial charge in [-0.15, -0.1) is 0 Å². The minimum absolute atomic E-state index is 0.00977. The summed E-state index contributed by atoms with van der Waals surface area (Å²) in [5.41, 5.74) is 0.848. The molecule has 1 aromatic rings. The summed E-state index contributed by atoms with van der Waals surface area (Å²) in [4.78, 5) is 22.9. The van der Waals surface area contributed by atoms with E-state index in [-0.39, 0.29) is 17.9 Å². The number of carbonyl (C=O) groups excluding carboxylic acids is 1. The number of nitrogens with one attached hydrogen (secondary N) is 1. The van der Waals surface area contributed by atoms with E-state index in [0.29, 0.717) is 0 Å². The molecule has 4 heteroatoms. The standard InChI is InChI=1S/C15H19NO3/c1-11(13(17)18)10-16-14(19)15(7-8-15)9-12-5-3-2-4-6-12/h2-6,11H,7-10H2,1H3,(H,16,19)(H,17,18). The highest BCUT2D eigenvalue weighted by Gasteiger charge is 2.49. The zero-order chi connectivity index (χ0) is 13.9. The number of carboxylic acids is 1. The molecule has 0 bridgehead atoms. The Kier molecular flexibility index (Phi) is 3.88. The van der Waals surface area contributed by atoms with Crippen LogP contribution >= 0.6 is 0 Å². The Morgan fingerprint density at radius 3 is 2.47 bits per heavy atom. The fraction of sp³-hybridized carbons (Fsp3) is 0.467. The summed E-state index contributed by atoms with van der Waals surface area (Å²) in [7, 11) is 0. The topological polar surface area (TPSA) is 66.4 Å². The van der Waals surface area contributed by atoms with Crippen molar-refractivity contribution in [3.8, 4) is 0 Å². The number of rotatable bonds is 6. The Labute approximate surface area is 112 Å². The lowest BCUT2D eigenvalue weighted by atomic mass is 9.95. The number of hydrogen-bond donors (Lipinski definition) is 2. The van der Waals surface area contributed by atoms with Crippen LogP contribution in [0.1, 0.15) is 25.3 Å². The molecule has 0 radical (unpaired) electrons. The Hall–Kier alpha value is -1.84. The number of carboxylic acid groups (broad SMARTS) is 1. The predicted molar refractivity (Wildman–Crippen MR) is 71.6 cm³/mol. The molecule has 0 saturated heterocycles. The van der Waals surface area contributed by atoms with Crippen LogP contribution in [0, 0.1) is 11.3 Å². The van der Waals surface area contributed by atoms with Crippen LogP contribution in [-0.4, -0.2) is 23.5 Å². The Morgan fingerprint density at radius 1 is 1.32 bits per heavy atom. The molecule has 1 aromatic carbocycles. The van der Waals surface area contributed by atoms with E-state index in [1.165, 1.54) is 0 Å². The van der Waals surface area contributed by atoms with Crippen LogP contribution in [-0.2, 0) is 16.0 Å². The van der Waals surface area contributed by atoms with E-state index in [1.807, 2.05) is 30.3 Å². The van der Waals surface area contributed by atoms with Gasteiger partial charge in [0.05, 0.1) is 11.3 Å². The second-order valence-electron chi connectivity index (χ2n) is 5.39. The molecule has 19 heavy (non-hydrogen) atoms. The number of benzene rings is 1. The van der Waals surface area contributed by atoms with Crippen molar-refractivity contribution >= 4 is 11.9 Å². The summed E-state index contributed by atoms with van der Waals surface area (Å²) in [6.45, 7) is 1.80. The van der Waals surface area contributed by atoms with Crippen LogP contribution in [0.25, 0.3) is 0 Å². The molecule has 0 aromatic heterocycles. The van der Waals surface area contributed by atoms with Gasteiger partial charge in [0.15, 0.2) is 0 Å². The first kappa shape index (κ1) is 13.6. The summed E-state index contributed by atoms with van der Waals surface area (Å²) < 4.78 is 0. The Morgan fingerprint density at radius 2 is 1.95 bits per heavy atom. The average Bonchev–Trinajstić information content (AvgIpc) is 3.17. The van der Waals surface area contributed by atoms with Gasteiger partial charge in [-0.25, -0.2) is 0 Å². The van der Waals surface area contributed by atoms with Crippen molar-refractivity contribution in [2.24, 2.45) is 11.3 Å². The first-order valence-corrected chi connectivity index (χ1v) is 6.58. The lowest BCUT2D eigenvalue weighted by Gasteiger charge is -2.16. The van der Waals surface area contributed by atoms with Crippen molar-refractivity contribution in [2.75, 3.05) is 6.54 Å². The molecule has 1 unspecified atom stereocenters. The molecule has 102 valence electrons. The largest absolute Gasteiger partial charge is 0.481 e. The molecule has 0 aliphatic heterocycles. The van der Waals surface area contributed by atoms with Gasteiger partial charge < -0.3 is 10.4 Å². The molecule has 1 saturated carbocycles. The molecule has 1 amide bonds. The van der Waals surface area contributed by atoms with Crippen molar-refractivity contribution in [3.05, 3.63) is 35.9 Å². The maximum Gasteiger partial charge on any atom is 0.308 e. The Balaban J connectivity index is 1.90. The quantitative estimate of drug-likeness (QED) is 0.821. The molecule has 2 rings (SSSR count). The van der Waals surface area contributed by atoms with E-state index in [4.69, 9.17) is 5.11 Å². The molecular formula is C15H19NO3. The molecular weight excluding hydrogens is 242 g/mol. The van der Waals surface area contributed by atoms with E-state index >= 15 is 0 Å². The van der Waals surface area contributed by atoms with Crippen molar-refractivity contribution in [3.63, 3.8) is 0 Å². The highest BCUT2D eigenvalue weighted by molar-refractivity contribution is 5.86. The third-order valence-electron chi connectivity index (χ3n) is 3.71. The average molecular weight is 261 g/mol. The van der Waals surface area contributed by atoms with Crippen LogP contribution in [0.3, 0.4) is 0 Å². The predicted octanol–water partition coefficient (Wildman–Crippen LogP) is 1.85. The van der Waals surface area contributed by atoms with E-state index in [0.717, 1.165) is 24.8 Å². The van der Waals surface area contributed by atoms with Gasteiger partial charge >= 0.3 is 5.97 Å². The minimum atomic E-state index is -0.881. The van der Waals surface area contributed by atoms with E-state index in [1.54, 1.807) is 6.92 Å². The third kappa shape index (κ3) is 3.34. The van der Waals surface area contributed by atoms with Gasteiger partial charge in [0.2, 0.25) is 5.91 Å². The van der Waals surface area contributed by atoms with Gasteiger partial charge in [0.25, 0.3) is 0 Å². The number of hydrogen-bond acceptors (Lipinski definition) is 2. The summed E-state index contributed by atoms with van der Waals surface area (Å²) in [6, 6.07) is 9.93. The Bertz CT molecular complexity index is 466. The second-order valence-corrected chi connectivity index (χ2v) is 5.39. The lowest BCUT2D eigenvalue weighted by Crippen LogP contribution is -2.37. The minimum Gasteiger partial charge on any atom is -0.481 e. The SMILES string of the molecule is CC(CNC(=O)C1(Cc2ccccc2)CC1)C(=O)O. The molecule has 0 spiro atoms. The van der Waals surface area contributed by atoms with E-state index in [9.17, 15) is 9.59 Å².